The molecular weight excluding hydrogens is 244 g/mol. The quantitative estimate of drug-likeness (QED) is 0.774. The van der Waals surface area contributed by atoms with Crippen LogP contribution in [0.2, 0.25) is 0 Å². The van der Waals surface area contributed by atoms with E-state index >= 15 is 0 Å². The summed E-state index contributed by atoms with van der Waals surface area (Å²) in [6.45, 7) is 1.81. The first-order valence-corrected chi connectivity index (χ1v) is 5.41. The molecule has 1 aromatic rings. The Bertz CT molecular complexity index is 439. The lowest BCUT2D eigenvalue weighted by Crippen LogP contribution is -2.14. The van der Waals surface area contributed by atoms with Crippen molar-refractivity contribution in [1.82, 2.24) is 4.98 Å². The molecule has 0 aliphatic carbocycles. The van der Waals surface area contributed by atoms with Crippen molar-refractivity contribution in [3.63, 3.8) is 0 Å². The van der Waals surface area contributed by atoms with E-state index in [0.717, 1.165) is 6.07 Å². The second-order valence-corrected chi connectivity index (χ2v) is 3.55. The highest BCUT2D eigenvalue weighted by molar-refractivity contribution is 5.75. The SMILES string of the molecule is CCOC(=O)Cc1c(C(F)F)cc(CN)nc1N. The number of aromatic nitrogens is 1. The second kappa shape index (κ2) is 6.25. The zero-order valence-corrected chi connectivity index (χ0v) is 9.95. The Hall–Kier alpha value is -1.76. The van der Waals surface area contributed by atoms with Crippen LogP contribution in [0.5, 0.6) is 0 Å². The number of carbonyl (C=O) groups excluding carboxylic acids is 1. The molecule has 0 saturated heterocycles. The van der Waals surface area contributed by atoms with Crippen molar-refractivity contribution in [2.45, 2.75) is 26.3 Å². The summed E-state index contributed by atoms with van der Waals surface area (Å²) in [6, 6.07) is 1.16. The van der Waals surface area contributed by atoms with Crippen LogP contribution in [-0.4, -0.2) is 17.6 Å². The van der Waals surface area contributed by atoms with E-state index in [9.17, 15) is 13.6 Å². The Kier molecular flexibility index (Phi) is 4.96. The van der Waals surface area contributed by atoms with Gasteiger partial charge in [0.1, 0.15) is 5.82 Å². The zero-order chi connectivity index (χ0) is 13.7. The van der Waals surface area contributed by atoms with Gasteiger partial charge in [-0.25, -0.2) is 13.8 Å². The molecule has 0 fully saturated rings. The number of halogens is 2. The van der Waals surface area contributed by atoms with Crippen LogP contribution in [0.4, 0.5) is 14.6 Å². The van der Waals surface area contributed by atoms with E-state index in [1.54, 1.807) is 6.92 Å². The van der Waals surface area contributed by atoms with Crippen molar-refractivity contribution in [3.05, 3.63) is 22.9 Å². The molecule has 0 aliphatic rings. The first kappa shape index (κ1) is 14.3. The summed E-state index contributed by atoms with van der Waals surface area (Å²) in [5, 5.41) is 0. The van der Waals surface area contributed by atoms with Crippen molar-refractivity contribution in [2.24, 2.45) is 5.73 Å². The normalized spacial score (nSPS) is 10.7. The summed E-state index contributed by atoms with van der Waals surface area (Å²) < 4.78 is 30.5. The van der Waals surface area contributed by atoms with Crippen molar-refractivity contribution < 1.29 is 18.3 Å². The van der Waals surface area contributed by atoms with Gasteiger partial charge in [0.15, 0.2) is 0 Å². The molecule has 1 aromatic heterocycles. The number of nitrogens with two attached hydrogens (primary N) is 2. The molecule has 0 bridgehead atoms. The Labute approximate surface area is 103 Å². The maximum atomic E-state index is 12.9. The summed E-state index contributed by atoms with van der Waals surface area (Å²) in [5.74, 6) is -0.727. The summed E-state index contributed by atoms with van der Waals surface area (Å²) >= 11 is 0. The number of carbonyl (C=O) groups is 1. The average Bonchev–Trinajstić information content (AvgIpc) is 2.31. The van der Waals surface area contributed by atoms with E-state index in [1.165, 1.54) is 0 Å². The van der Waals surface area contributed by atoms with E-state index in [0.29, 0.717) is 0 Å². The van der Waals surface area contributed by atoms with E-state index in [-0.39, 0.29) is 42.2 Å². The molecule has 7 heteroatoms. The van der Waals surface area contributed by atoms with Gasteiger partial charge in [-0.05, 0) is 13.0 Å². The number of anilines is 1. The summed E-state index contributed by atoms with van der Waals surface area (Å²) in [6.07, 6.45) is -3.07. The van der Waals surface area contributed by atoms with E-state index < -0.39 is 12.4 Å². The molecule has 0 amide bonds. The molecule has 1 heterocycles. The fourth-order valence-corrected chi connectivity index (χ4v) is 1.52. The van der Waals surface area contributed by atoms with Crippen LogP contribution in [-0.2, 0) is 22.5 Å². The average molecular weight is 259 g/mol. The number of alkyl halides is 2. The zero-order valence-electron chi connectivity index (χ0n) is 9.95. The third-order valence-electron chi connectivity index (χ3n) is 2.31. The van der Waals surface area contributed by atoms with Gasteiger partial charge < -0.3 is 16.2 Å². The molecule has 1 rings (SSSR count). The van der Waals surface area contributed by atoms with Crippen LogP contribution in [0.25, 0.3) is 0 Å². The Morgan fingerprint density at radius 2 is 2.22 bits per heavy atom. The van der Waals surface area contributed by atoms with Gasteiger partial charge in [-0.3, -0.25) is 4.79 Å². The molecule has 0 aromatic carbocycles. The highest BCUT2D eigenvalue weighted by atomic mass is 19.3. The van der Waals surface area contributed by atoms with Gasteiger partial charge in [-0.2, -0.15) is 0 Å². The molecule has 5 nitrogen and oxygen atoms in total. The number of esters is 1. The second-order valence-electron chi connectivity index (χ2n) is 3.55. The fraction of sp³-hybridized carbons (Fsp3) is 0.455. The third kappa shape index (κ3) is 3.36. The van der Waals surface area contributed by atoms with Gasteiger partial charge in [-0.15, -0.1) is 0 Å². The lowest BCUT2D eigenvalue weighted by Gasteiger charge is -2.12. The number of nitrogens with zero attached hydrogens (tertiary/aromatic N) is 1. The van der Waals surface area contributed by atoms with E-state index in [4.69, 9.17) is 16.2 Å². The monoisotopic (exact) mass is 259 g/mol. The molecule has 18 heavy (non-hydrogen) atoms. The first-order valence-electron chi connectivity index (χ1n) is 5.41. The fourth-order valence-electron chi connectivity index (χ4n) is 1.52. The number of rotatable bonds is 5. The van der Waals surface area contributed by atoms with Gasteiger partial charge in [0, 0.05) is 17.7 Å². The Balaban J connectivity index is 3.12. The first-order chi connectivity index (χ1) is 8.49. The van der Waals surface area contributed by atoms with Gasteiger partial charge in [0.2, 0.25) is 0 Å². The van der Waals surface area contributed by atoms with E-state index in [1.807, 2.05) is 0 Å². The van der Waals surface area contributed by atoms with E-state index in [2.05, 4.69) is 4.98 Å². The van der Waals surface area contributed by atoms with Gasteiger partial charge >= 0.3 is 5.97 Å². The predicted octanol–water partition coefficient (Wildman–Crippen LogP) is 1.17. The molecule has 0 radical (unpaired) electrons. The third-order valence-corrected chi connectivity index (χ3v) is 2.31. The number of nitrogen functional groups attached to an aromatic ring is 1. The summed E-state index contributed by atoms with van der Waals surface area (Å²) in [4.78, 5) is 15.2. The smallest absolute Gasteiger partial charge is 0.310 e. The largest absolute Gasteiger partial charge is 0.466 e. The number of hydrogen-bond acceptors (Lipinski definition) is 5. The molecular formula is C11H15F2N3O2. The van der Waals surface area contributed by atoms with Crippen LogP contribution in [0.3, 0.4) is 0 Å². The van der Waals surface area contributed by atoms with Gasteiger partial charge in [0.25, 0.3) is 6.43 Å². The van der Waals surface area contributed by atoms with Crippen molar-refractivity contribution in [2.75, 3.05) is 12.3 Å². The van der Waals surface area contributed by atoms with Gasteiger partial charge in [-0.1, -0.05) is 0 Å². The molecule has 4 N–H and O–H groups in total. The van der Waals surface area contributed by atoms with Crippen LogP contribution in [0.15, 0.2) is 6.07 Å². The lowest BCUT2D eigenvalue weighted by atomic mass is 10.0. The van der Waals surface area contributed by atoms with Gasteiger partial charge in [0.05, 0.1) is 18.7 Å². The standard InChI is InChI=1S/C11H15F2N3O2/c1-2-18-9(17)4-8-7(10(12)13)3-6(5-14)16-11(8)15/h3,10H,2,4-5,14H2,1H3,(H2,15,16). The molecule has 100 valence electrons. The maximum absolute atomic E-state index is 12.9. The molecule has 0 unspecified atom stereocenters. The van der Waals surface area contributed by atoms with Crippen LogP contribution in [0, 0.1) is 0 Å². The number of pyridine rings is 1. The van der Waals surface area contributed by atoms with Crippen molar-refractivity contribution >= 4 is 11.8 Å². The minimum absolute atomic E-state index is 0.000602. The molecule has 0 atom stereocenters. The lowest BCUT2D eigenvalue weighted by molar-refractivity contribution is -0.142. The Morgan fingerprint density at radius 3 is 2.72 bits per heavy atom. The number of hydrogen-bond donors (Lipinski definition) is 2. The summed E-state index contributed by atoms with van der Waals surface area (Å²) in [7, 11) is 0. The van der Waals surface area contributed by atoms with Crippen molar-refractivity contribution in [1.29, 1.82) is 0 Å². The minimum Gasteiger partial charge on any atom is -0.466 e. The number of ether oxygens (including phenoxy) is 1. The van der Waals surface area contributed by atoms with Crippen LogP contribution >= 0.6 is 0 Å². The van der Waals surface area contributed by atoms with Crippen LogP contribution in [0.1, 0.15) is 30.2 Å². The highest BCUT2D eigenvalue weighted by Crippen LogP contribution is 2.27. The van der Waals surface area contributed by atoms with Crippen molar-refractivity contribution in [3.8, 4) is 0 Å². The highest BCUT2D eigenvalue weighted by Gasteiger charge is 2.20. The summed E-state index contributed by atoms with van der Waals surface area (Å²) in [5.41, 5.74) is 10.8. The molecule has 0 spiro atoms. The Morgan fingerprint density at radius 1 is 1.56 bits per heavy atom. The maximum Gasteiger partial charge on any atom is 0.310 e. The van der Waals surface area contributed by atoms with Crippen LogP contribution < -0.4 is 11.5 Å². The predicted molar refractivity (Wildman–Crippen MR) is 61.8 cm³/mol. The molecule has 0 aliphatic heterocycles. The topological polar surface area (TPSA) is 91.2 Å². The minimum atomic E-state index is -2.75. The molecule has 0 saturated carbocycles.